The van der Waals surface area contributed by atoms with Crippen LogP contribution in [0.4, 0.5) is 0 Å². The molecule has 0 aromatic carbocycles. The molecular formula is C5H6O5. The van der Waals surface area contributed by atoms with Crippen LogP contribution in [0.25, 0.3) is 0 Å². The zero-order chi connectivity index (χ0) is 7.35. The number of hydrogen-bond donors (Lipinski definition) is 2. The highest BCUT2D eigenvalue weighted by molar-refractivity contribution is 5.84. The molecule has 1 saturated heterocycles. The van der Waals surface area contributed by atoms with Crippen LogP contribution in [0.3, 0.4) is 0 Å². The zero-order valence-corrected chi connectivity index (χ0v) is 4.98. The normalized spacial score (nSPS) is 50.5. The Morgan fingerprint density at radius 3 is 2.30 bits per heavy atom. The van der Waals surface area contributed by atoms with Gasteiger partial charge in [-0.05, 0) is 0 Å². The fraction of sp³-hybridized carbons (Fsp3) is 0.800. The minimum absolute atomic E-state index is 0.0882. The summed E-state index contributed by atoms with van der Waals surface area (Å²) in [5.41, 5.74) is -1.77. The van der Waals surface area contributed by atoms with Gasteiger partial charge in [0.1, 0.15) is 19.0 Å². The molecule has 5 nitrogen and oxygen atoms in total. The SMILES string of the molecule is O=C(O)C1(O)[C@@H]2OCO[C@@H]21. The van der Waals surface area contributed by atoms with E-state index in [9.17, 15) is 4.79 Å². The second-order valence-corrected chi connectivity index (χ2v) is 2.42. The highest BCUT2D eigenvalue weighted by Gasteiger charge is 2.75. The van der Waals surface area contributed by atoms with E-state index in [-0.39, 0.29) is 6.79 Å². The van der Waals surface area contributed by atoms with Crippen LogP contribution in [0.1, 0.15) is 0 Å². The number of fused-ring (bicyclic) bond motifs is 1. The van der Waals surface area contributed by atoms with E-state index in [2.05, 4.69) is 0 Å². The molecule has 2 fully saturated rings. The summed E-state index contributed by atoms with van der Waals surface area (Å²) >= 11 is 0. The summed E-state index contributed by atoms with van der Waals surface area (Å²) in [5.74, 6) is -1.28. The number of aliphatic carboxylic acids is 1. The third-order valence-corrected chi connectivity index (χ3v) is 1.87. The molecule has 2 rings (SSSR count). The number of rotatable bonds is 1. The number of hydrogen-bond acceptors (Lipinski definition) is 4. The lowest BCUT2D eigenvalue weighted by Gasteiger charge is -2.06. The monoisotopic (exact) mass is 146 g/mol. The minimum atomic E-state index is -1.77. The van der Waals surface area contributed by atoms with Crippen molar-refractivity contribution in [1.82, 2.24) is 0 Å². The lowest BCUT2D eigenvalue weighted by molar-refractivity contribution is -0.162. The topological polar surface area (TPSA) is 76.0 Å². The van der Waals surface area contributed by atoms with Crippen LogP contribution in [0.2, 0.25) is 0 Å². The predicted octanol–water partition coefficient (Wildman–Crippen LogP) is -1.44. The van der Waals surface area contributed by atoms with E-state index in [1.807, 2.05) is 0 Å². The average molecular weight is 146 g/mol. The smallest absolute Gasteiger partial charge is 0.341 e. The van der Waals surface area contributed by atoms with Gasteiger partial charge in [0.25, 0.3) is 0 Å². The van der Waals surface area contributed by atoms with E-state index in [4.69, 9.17) is 19.7 Å². The highest BCUT2D eigenvalue weighted by atomic mass is 16.7. The molecule has 0 aromatic heterocycles. The van der Waals surface area contributed by atoms with Gasteiger partial charge in [0.15, 0.2) is 0 Å². The van der Waals surface area contributed by atoms with Crippen molar-refractivity contribution in [2.75, 3.05) is 6.79 Å². The van der Waals surface area contributed by atoms with Crippen molar-refractivity contribution in [2.45, 2.75) is 17.8 Å². The van der Waals surface area contributed by atoms with Crippen LogP contribution in [-0.2, 0) is 14.3 Å². The Bertz CT molecular complexity index is 178. The van der Waals surface area contributed by atoms with Crippen LogP contribution in [0.15, 0.2) is 0 Å². The van der Waals surface area contributed by atoms with Crippen molar-refractivity contribution < 1.29 is 24.5 Å². The van der Waals surface area contributed by atoms with E-state index in [0.29, 0.717) is 0 Å². The number of aliphatic hydroxyl groups is 1. The maximum Gasteiger partial charge on any atom is 0.341 e. The fourth-order valence-corrected chi connectivity index (χ4v) is 1.17. The molecule has 1 heterocycles. The molecule has 0 bridgehead atoms. The van der Waals surface area contributed by atoms with E-state index < -0.39 is 23.8 Å². The van der Waals surface area contributed by atoms with Gasteiger partial charge < -0.3 is 19.7 Å². The third-order valence-electron chi connectivity index (χ3n) is 1.87. The molecule has 10 heavy (non-hydrogen) atoms. The molecule has 1 aliphatic carbocycles. The highest BCUT2D eigenvalue weighted by Crippen LogP contribution is 2.46. The van der Waals surface area contributed by atoms with Gasteiger partial charge >= 0.3 is 5.97 Å². The second kappa shape index (κ2) is 1.50. The fourth-order valence-electron chi connectivity index (χ4n) is 1.17. The van der Waals surface area contributed by atoms with Crippen LogP contribution in [0, 0.1) is 0 Å². The molecule has 5 heteroatoms. The van der Waals surface area contributed by atoms with Gasteiger partial charge in [-0.1, -0.05) is 0 Å². The van der Waals surface area contributed by atoms with Gasteiger partial charge in [-0.25, -0.2) is 4.79 Å². The Labute approximate surface area is 56.2 Å². The molecule has 0 aromatic rings. The van der Waals surface area contributed by atoms with Gasteiger partial charge in [0.05, 0.1) is 0 Å². The maximum absolute atomic E-state index is 10.3. The first-order valence-electron chi connectivity index (χ1n) is 2.86. The predicted molar refractivity (Wildman–Crippen MR) is 27.2 cm³/mol. The Hall–Kier alpha value is -0.650. The second-order valence-electron chi connectivity index (χ2n) is 2.42. The Morgan fingerprint density at radius 2 is 2.00 bits per heavy atom. The van der Waals surface area contributed by atoms with E-state index in [1.54, 1.807) is 0 Å². The first-order valence-corrected chi connectivity index (χ1v) is 2.86. The molecule has 0 radical (unpaired) electrons. The minimum Gasteiger partial charge on any atom is -0.479 e. The van der Waals surface area contributed by atoms with Crippen molar-refractivity contribution in [1.29, 1.82) is 0 Å². The summed E-state index contributed by atoms with van der Waals surface area (Å²) in [6.45, 7) is 0.0882. The molecule has 3 atom stereocenters. The van der Waals surface area contributed by atoms with Gasteiger partial charge in [-0.15, -0.1) is 0 Å². The van der Waals surface area contributed by atoms with Gasteiger partial charge in [0, 0.05) is 0 Å². The van der Waals surface area contributed by atoms with Crippen molar-refractivity contribution in [3.63, 3.8) is 0 Å². The quantitative estimate of drug-likeness (QED) is 0.473. The summed E-state index contributed by atoms with van der Waals surface area (Å²) < 4.78 is 9.50. The zero-order valence-electron chi connectivity index (χ0n) is 4.98. The summed E-state index contributed by atoms with van der Waals surface area (Å²) in [7, 11) is 0. The lowest BCUT2D eigenvalue weighted by Crippen LogP contribution is -2.31. The molecule has 1 saturated carbocycles. The first-order chi connectivity index (χ1) is 4.67. The van der Waals surface area contributed by atoms with Gasteiger partial charge in [-0.3, -0.25) is 0 Å². The van der Waals surface area contributed by atoms with Crippen molar-refractivity contribution >= 4 is 5.97 Å². The average Bonchev–Trinajstić information content (AvgIpc) is 2.28. The summed E-state index contributed by atoms with van der Waals surface area (Å²) in [6, 6.07) is 0. The standard InChI is InChI=1S/C5H6O5/c6-4(7)5(8)2-3(5)10-1-9-2/h2-3,8H,1H2,(H,6,7)/t2-,3+,5?. The van der Waals surface area contributed by atoms with Crippen LogP contribution < -0.4 is 0 Å². The van der Waals surface area contributed by atoms with Crippen LogP contribution >= 0.6 is 0 Å². The van der Waals surface area contributed by atoms with Crippen molar-refractivity contribution in [3.05, 3.63) is 0 Å². The van der Waals surface area contributed by atoms with E-state index in [0.717, 1.165) is 0 Å². The van der Waals surface area contributed by atoms with E-state index >= 15 is 0 Å². The van der Waals surface area contributed by atoms with Gasteiger partial charge in [-0.2, -0.15) is 0 Å². The molecule has 1 unspecified atom stereocenters. The van der Waals surface area contributed by atoms with E-state index in [1.165, 1.54) is 0 Å². The van der Waals surface area contributed by atoms with Crippen molar-refractivity contribution in [3.8, 4) is 0 Å². The van der Waals surface area contributed by atoms with Crippen molar-refractivity contribution in [2.24, 2.45) is 0 Å². The summed E-state index contributed by atoms with van der Waals surface area (Å²) in [5, 5.41) is 17.5. The first kappa shape index (κ1) is 6.09. The van der Waals surface area contributed by atoms with Gasteiger partial charge in [0.2, 0.25) is 5.60 Å². The number of carboxylic acid groups (broad SMARTS) is 1. The molecule has 2 aliphatic rings. The Morgan fingerprint density at radius 1 is 1.50 bits per heavy atom. The number of carboxylic acids is 1. The Kier molecular flexibility index (Phi) is 0.912. The molecule has 0 spiro atoms. The molecule has 1 aliphatic heterocycles. The summed E-state index contributed by atoms with van der Waals surface area (Å²) in [4.78, 5) is 10.3. The molecule has 56 valence electrons. The molecule has 2 N–H and O–H groups in total. The lowest BCUT2D eigenvalue weighted by atomic mass is 10.3. The largest absolute Gasteiger partial charge is 0.479 e. The number of ether oxygens (including phenoxy) is 2. The summed E-state index contributed by atoms with van der Waals surface area (Å²) in [6.07, 6.45) is -1.30. The maximum atomic E-state index is 10.3. The van der Waals surface area contributed by atoms with Crippen LogP contribution in [-0.4, -0.2) is 40.8 Å². The molecular weight excluding hydrogens is 140 g/mol. The van der Waals surface area contributed by atoms with Crippen LogP contribution in [0.5, 0.6) is 0 Å². The molecule has 0 amide bonds. The third kappa shape index (κ3) is 0.461. The Balaban J connectivity index is 2.17. The number of carbonyl (C=O) groups is 1.